The first-order valence-electron chi connectivity index (χ1n) is 16.0. The number of phenolic OH excluding ortho intramolecular Hbond substituents is 2. The van der Waals surface area contributed by atoms with Crippen LogP contribution in [-0.4, -0.2) is 102 Å². The zero-order valence-electron chi connectivity index (χ0n) is 27.7. The second-order valence-corrected chi connectivity index (χ2v) is 11.6. The number of aromatic hydroxyl groups is 2. The highest BCUT2D eigenvalue weighted by Gasteiger charge is 2.30. The Balaban J connectivity index is 1.03. The second kappa shape index (κ2) is 17.6. The van der Waals surface area contributed by atoms with Gasteiger partial charge in [-0.1, -0.05) is 29.8 Å². The van der Waals surface area contributed by atoms with E-state index in [1.54, 1.807) is 19.2 Å². The molecule has 0 aliphatic carbocycles. The molecule has 4 aromatic rings. The Morgan fingerprint density at radius 1 is 0.880 bits per heavy atom. The lowest BCUT2D eigenvalue weighted by Crippen LogP contribution is -2.29. The number of hydrogen-bond donors (Lipinski definition) is 4. The Labute approximate surface area is 294 Å². The molecule has 4 N–H and O–H groups in total. The average Bonchev–Trinajstić information content (AvgIpc) is 3.44. The number of halogens is 1. The molecule has 0 unspecified atom stereocenters. The summed E-state index contributed by atoms with van der Waals surface area (Å²) in [6.45, 7) is 4.26. The highest BCUT2D eigenvalue weighted by Crippen LogP contribution is 2.34. The van der Waals surface area contributed by atoms with E-state index in [-0.39, 0.29) is 36.8 Å². The van der Waals surface area contributed by atoms with Crippen LogP contribution in [-0.2, 0) is 19.0 Å². The maximum Gasteiger partial charge on any atom is 0.255 e. The van der Waals surface area contributed by atoms with Gasteiger partial charge in [-0.2, -0.15) is 0 Å². The minimum Gasteiger partial charge on any atom is -0.504 e. The van der Waals surface area contributed by atoms with Crippen LogP contribution in [0.25, 0.3) is 5.69 Å². The number of nitrogens with zero attached hydrogens (tertiary/aromatic N) is 4. The molecule has 0 saturated heterocycles. The number of ether oxygens (including phenoxy) is 4. The molecule has 1 aliphatic heterocycles. The summed E-state index contributed by atoms with van der Waals surface area (Å²) in [6, 6.07) is 16.7. The van der Waals surface area contributed by atoms with Gasteiger partial charge in [0.25, 0.3) is 5.91 Å². The van der Waals surface area contributed by atoms with Gasteiger partial charge >= 0.3 is 0 Å². The van der Waals surface area contributed by atoms with Crippen LogP contribution in [0.1, 0.15) is 45.6 Å². The SMILES string of the molecule is COc1ccc2c(c1)C(c1ccc(Cl)cc1)=N[C@@H](CC(=O)NCCOCCOCCOCCNC(=O)c1cccc(O)c1O)c1nnc(C)n1-2. The molecule has 2 heterocycles. The highest BCUT2D eigenvalue weighted by molar-refractivity contribution is 6.30. The third kappa shape index (κ3) is 9.15. The van der Waals surface area contributed by atoms with Crippen LogP contribution < -0.4 is 15.4 Å². The number of rotatable bonds is 17. The standard InChI is InChI=1S/C35H39ClN6O8/c1-22-40-41-34-28(39-32(23-6-8-24(36)9-7-23)27-20-25(47-2)10-11-29(27)42(22)34)21-31(44)37-12-14-48-16-18-50-19-17-49-15-13-38-35(46)26-4-3-5-30(43)33(26)45/h3-11,20,28,43,45H,12-19,21H2,1-2H3,(H,37,44)(H,38,46)/t28-/m0/s1. The van der Waals surface area contributed by atoms with Gasteiger partial charge in [0.1, 0.15) is 17.6 Å². The second-order valence-electron chi connectivity index (χ2n) is 11.1. The van der Waals surface area contributed by atoms with E-state index in [9.17, 15) is 19.8 Å². The van der Waals surface area contributed by atoms with Gasteiger partial charge in [0.15, 0.2) is 17.3 Å². The zero-order chi connectivity index (χ0) is 35.5. The van der Waals surface area contributed by atoms with Gasteiger partial charge in [-0.25, -0.2) is 0 Å². The van der Waals surface area contributed by atoms with E-state index in [2.05, 4.69) is 20.8 Å². The quantitative estimate of drug-likeness (QED) is 0.0938. The Bertz CT molecular complexity index is 1810. The summed E-state index contributed by atoms with van der Waals surface area (Å²) in [5, 5.41) is 34.1. The van der Waals surface area contributed by atoms with Gasteiger partial charge < -0.3 is 39.8 Å². The fourth-order valence-corrected chi connectivity index (χ4v) is 5.40. The largest absolute Gasteiger partial charge is 0.504 e. The number of aromatic nitrogens is 3. The van der Waals surface area contributed by atoms with E-state index in [0.29, 0.717) is 67.7 Å². The Morgan fingerprint density at radius 3 is 2.26 bits per heavy atom. The summed E-state index contributed by atoms with van der Waals surface area (Å²) in [5.41, 5.74) is 3.16. The first-order valence-corrected chi connectivity index (χ1v) is 16.4. The van der Waals surface area contributed by atoms with Gasteiger partial charge in [0, 0.05) is 29.2 Å². The highest BCUT2D eigenvalue weighted by atomic mass is 35.5. The third-order valence-electron chi connectivity index (χ3n) is 7.73. The van der Waals surface area contributed by atoms with Crippen molar-refractivity contribution in [2.75, 3.05) is 59.8 Å². The fraction of sp³-hybridized carbons (Fsp3) is 0.343. The smallest absolute Gasteiger partial charge is 0.255 e. The van der Waals surface area contributed by atoms with E-state index < -0.39 is 17.7 Å². The van der Waals surface area contributed by atoms with Crippen LogP contribution >= 0.6 is 11.6 Å². The molecule has 1 aliphatic rings. The monoisotopic (exact) mass is 706 g/mol. The molecule has 2 amide bonds. The molecule has 0 fully saturated rings. The van der Waals surface area contributed by atoms with Crippen molar-refractivity contribution in [3.8, 4) is 22.9 Å². The van der Waals surface area contributed by atoms with Crippen molar-refractivity contribution < 1.29 is 38.7 Å². The molecular weight excluding hydrogens is 668 g/mol. The number of para-hydroxylation sites is 1. The molecule has 50 heavy (non-hydrogen) atoms. The normalized spacial score (nSPS) is 13.5. The summed E-state index contributed by atoms with van der Waals surface area (Å²) >= 11 is 6.18. The number of carbonyl (C=O) groups is 2. The number of fused-ring (bicyclic) bond motifs is 3. The molecule has 1 aromatic heterocycles. The predicted molar refractivity (Wildman–Crippen MR) is 185 cm³/mol. The van der Waals surface area contributed by atoms with Gasteiger partial charge in [0.05, 0.1) is 70.1 Å². The lowest BCUT2D eigenvalue weighted by molar-refractivity contribution is -0.121. The maximum absolute atomic E-state index is 13.1. The lowest BCUT2D eigenvalue weighted by atomic mass is 10.00. The summed E-state index contributed by atoms with van der Waals surface area (Å²) in [5.74, 6) is 0.346. The number of aliphatic imine (C=N–C) groups is 1. The summed E-state index contributed by atoms with van der Waals surface area (Å²) < 4.78 is 24.0. The molecular formula is C35H39ClN6O8. The molecule has 5 rings (SSSR count). The van der Waals surface area contributed by atoms with Crippen molar-refractivity contribution in [3.05, 3.63) is 94.0 Å². The predicted octanol–water partition coefficient (Wildman–Crippen LogP) is 3.53. The van der Waals surface area contributed by atoms with Crippen LogP contribution in [0.3, 0.4) is 0 Å². The molecule has 0 saturated carbocycles. The van der Waals surface area contributed by atoms with E-state index in [1.165, 1.54) is 18.2 Å². The van der Waals surface area contributed by atoms with Gasteiger partial charge in [-0.05, 0) is 49.4 Å². The van der Waals surface area contributed by atoms with Crippen LogP contribution in [0.5, 0.6) is 17.2 Å². The number of benzene rings is 3. The van der Waals surface area contributed by atoms with Gasteiger partial charge in [-0.3, -0.25) is 19.1 Å². The van der Waals surface area contributed by atoms with Gasteiger partial charge in [-0.15, -0.1) is 10.2 Å². The number of aryl methyl sites for hydroxylation is 1. The molecule has 0 spiro atoms. The van der Waals surface area contributed by atoms with E-state index in [0.717, 1.165) is 16.8 Å². The van der Waals surface area contributed by atoms with Crippen molar-refractivity contribution in [1.82, 2.24) is 25.4 Å². The molecule has 264 valence electrons. The minimum absolute atomic E-state index is 0.0148. The molecule has 1 atom stereocenters. The fourth-order valence-electron chi connectivity index (χ4n) is 5.28. The third-order valence-corrected chi connectivity index (χ3v) is 7.98. The number of phenols is 2. The van der Waals surface area contributed by atoms with Crippen molar-refractivity contribution in [3.63, 3.8) is 0 Å². The van der Waals surface area contributed by atoms with Crippen LogP contribution in [0, 0.1) is 6.92 Å². The number of nitrogens with one attached hydrogen (secondary N) is 2. The number of carbonyl (C=O) groups excluding carboxylic acids is 2. The first kappa shape index (κ1) is 36.3. The van der Waals surface area contributed by atoms with E-state index in [1.807, 2.05) is 41.8 Å². The lowest BCUT2D eigenvalue weighted by Gasteiger charge is -2.14. The summed E-state index contributed by atoms with van der Waals surface area (Å²) in [6.07, 6.45) is 0.0471. The Morgan fingerprint density at radius 2 is 1.56 bits per heavy atom. The number of methoxy groups -OCH3 is 1. The summed E-state index contributed by atoms with van der Waals surface area (Å²) in [7, 11) is 1.61. The average molecular weight is 707 g/mol. The van der Waals surface area contributed by atoms with Crippen LogP contribution in [0.2, 0.25) is 5.02 Å². The zero-order valence-corrected chi connectivity index (χ0v) is 28.5. The topological polar surface area (TPSA) is 179 Å². The number of amides is 2. The maximum atomic E-state index is 13.1. The number of hydrogen-bond acceptors (Lipinski definition) is 11. The Hall–Kier alpha value is -5.02. The molecule has 15 heteroatoms. The first-order chi connectivity index (χ1) is 24.3. The Kier molecular flexibility index (Phi) is 12.8. The van der Waals surface area contributed by atoms with Crippen molar-refractivity contribution >= 4 is 29.1 Å². The van der Waals surface area contributed by atoms with Crippen molar-refractivity contribution in [1.29, 1.82) is 0 Å². The minimum atomic E-state index is -0.611. The van der Waals surface area contributed by atoms with Gasteiger partial charge in [0.2, 0.25) is 5.91 Å². The summed E-state index contributed by atoms with van der Waals surface area (Å²) in [4.78, 5) is 30.3. The molecule has 0 radical (unpaired) electrons. The molecule has 14 nitrogen and oxygen atoms in total. The van der Waals surface area contributed by atoms with E-state index >= 15 is 0 Å². The van der Waals surface area contributed by atoms with E-state index in [4.69, 9.17) is 35.5 Å². The van der Waals surface area contributed by atoms with Crippen molar-refractivity contribution in [2.24, 2.45) is 4.99 Å². The molecule has 3 aromatic carbocycles. The van der Waals surface area contributed by atoms with Crippen LogP contribution in [0.4, 0.5) is 0 Å². The van der Waals surface area contributed by atoms with Crippen molar-refractivity contribution in [2.45, 2.75) is 19.4 Å². The molecule has 0 bridgehead atoms. The van der Waals surface area contributed by atoms with Crippen LogP contribution in [0.15, 0.2) is 65.7 Å².